The summed E-state index contributed by atoms with van der Waals surface area (Å²) in [7, 11) is 0. The Kier molecular flexibility index (Phi) is 5.09. The highest BCUT2D eigenvalue weighted by Crippen LogP contribution is 2.28. The average Bonchev–Trinajstić information content (AvgIpc) is 3.19. The first-order valence-corrected chi connectivity index (χ1v) is 9.25. The van der Waals surface area contributed by atoms with Crippen LogP contribution in [0.1, 0.15) is 27.5 Å². The molecule has 0 saturated carbocycles. The molecule has 1 atom stereocenters. The zero-order valence-electron chi connectivity index (χ0n) is 15.9. The van der Waals surface area contributed by atoms with Gasteiger partial charge in [0, 0.05) is 41.1 Å². The van der Waals surface area contributed by atoms with E-state index in [4.69, 9.17) is 5.73 Å². The normalized spacial score (nSPS) is 11.7. The molecule has 4 rings (SSSR count). The lowest BCUT2D eigenvalue weighted by molar-refractivity contribution is -0.135. The van der Waals surface area contributed by atoms with Crippen molar-refractivity contribution in [2.75, 3.05) is 5.32 Å². The lowest BCUT2D eigenvalue weighted by atomic mass is 9.90. The molecule has 0 fully saturated rings. The molecule has 0 spiro atoms. The van der Waals surface area contributed by atoms with Crippen LogP contribution in [0.15, 0.2) is 85.3 Å². The molecule has 0 aliphatic heterocycles. The second-order valence-corrected chi connectivity index (χ2v) is 6.73. The van der Waals surface area contributed by atoms with Crippen molar-refractivity contribution < 1.29 is 14.4 Å². The number of Topliss-reactive ketones (excluding diaryl/α,β-unsaturated/α-hetero) is 1. The number of aromatic nitrogens is 2. The van der Waals surface area contributed by atoms with E-state index in [0.29, 0.717) is 22.5 Å². The van der Waals surface area contributed by atoms with Crippen LogP contribution in [-0.4, -0.2) is 27.0 Å². The molecule has 3 heterocycles. The Hall–Kier alpha value is -4.26. The summed E-state index contributed by atoms with van der Waals surface area (Å²) in [6.45, 7) is 0. The van der Waals surface area contributed by atoms with Crippen LogP contribution in [0.25, 0.3) is 5.52 Å². The maximum Gasteiger partial charge on any atom is 0.292 e. The van der Waals surface area contributed by atoms with E-state index in [1.807, 2.05) is 40.9 Å². The largest absolute Gasteiger partial charge is 0.366 e. The third-order valence-corrected chi connectivity index (χ3v) is 4.84. The van der Waals surface area contributed by atoms with Crippen LogP contribution in [-0.2, 0) is 9.59 Å². The number of carbonyl (C=O) groups is 3. The van der Waals surface area contributed by atoms with Crippen molar-refractivity contribution in [3.8, 4) is 0 Å². The minimum Gasteiger partial charge on any atom is -0.366 e. The minimum atomic E-state index is -0.862. The number of primary amides is 1. The van der Waals surface area contributed by atoms with Gasteiger partial charge in [-0.1, -0.05) is 18.2 Å². The first-order chi connectivity index (χ1) is 14.5. The van der Waals surface area contributed by atoms with E-state index in [0.717, 1.165) is 5.52 Å². The third-order valence-electron chi connectivity index (χ3n) is 4.84. The number of nitrogens with zero attached hydrogens (tertiary/aromatic N) is 2. The third kappa shape index (κ3) is 3.68. The predicted octanol–water partition coefficient (Wildman–Crippen LogP) is 2.77. The molecule has 0 bridgehead atoms. The monoisotopic (exact) mass is 398 g/mol. The van der Waals surface area contributed by atoms with Crippen LogP contribution in [0, 0.1) is 0 Å². The number of nitrogens with two attached hydrogens (primary N) is 1. The SMILES string of the molecule is NC(=O)c1ccc(C(C(=O)C(=O)Nc2ccncc2)c2ccc3ccccn23)cc1. The van der Waals surface area contributed by atoms with E-state index in [9.17, 15) is 14.4 Å². The Labute approximate surface area is 172 Å². The first kappa shape index (κ1) is 19.1. The molecule has 0 aliphatic carbocycles. The van der Waals surface area contributed by atoms with Crippen LogP contribution in [0.2, 0.25) is 0 Å². The molecule has 0 radical (unpaired) electrons. The number of nitrogens with one attached hydrogen (secondary N) is 1. The number of pyridine rings is 2. The zero-order valence-corrected chi connectivity index (χ0v) is 15.9. The number of ketones is 1. The van der Waals surface area contributed by atoms with E-state index >= 15 is 0 Å². The molecule has 3 N–H and O–H groups in total. The van der Waals surface area contributed by atoms with Crippen molar-refractivity contribution in [1.29, 1.82) is 0 Å². The van der Waals surface area contributed by atoms with E-state index < -0.39 is 23.5 Å². The van der Waals surface area contributed by atoms with Gasteiger partial charge in [0.1, 0.15) is 0 Å². The summed E-state index contributed by atoms with van der Waals surface area (Å²) >= 11 is 0. The van der Waals surface area contributed by atoms with Gasteiger partial charge in [-0.15, -0.1) is 0 Å². The molecule has 30 heavy (non-hydrogen) atoms. The maximum atomic E-state index is 13.3. The standard InChI is InChI=1S/C23H18N4O3/c24-22(29)16-6-4-15(5-7-16)20(19-9-8-18-3-1-2-14-27(18)19)21(28)23(30)26-17-10-12-25-13-11-17/h1-14,20H,(H2,24,29)(H,25,26,30). The average molecular weight is 398 g/mol. The topological polar surface area (TPSA) is 107 Å². The van der Waals surface area contributed by atoms with E-state index in [1.54, 1.807) is 36.4 Å². The van der Waals surface area contributed by atoms with Crippen LogP contribution in [0.4, 0.5) is 5.69 Å². The number of fused-ring (bicyclic) bond motifs is 1. The first-order valence-electron chi connectivity index (χ1n) is 9.25. The van der Waals surface area contributed by atoms with Gasteiger partial charge in [-0.2, -0.15) is 0 Å². The molecular formula is C23H18N4O3. The molecule has 1 unspecified atom stereocenters. The van der Waals surface area contributed by atoms with E-state index in [2.05, 4.69) is 10.3 Å². The van der Waals surface area contributed by atoms with E-state index in [-0.39, 0.29) is 0 Å². The summed E-state index contributed by atoms with van der Waals surface area (Å²) < 4.78 is 1.87. The second kappa shape index (κ2) is 8.00. The zero-order chi connectivity index (χ0) is 21.1. The number of rotatable bonds is 6. The Morgan fingerprint density at radius 3 is 2.33 bits per heavy atom. The van der Waals surface area contributed by atoms with Crippen molar-refractivity contribution in [3.63, 3.8) is 0 Å². The summed E-state index contributed by atoms with van der Waals surface area (Å²) in [4.78, 5) is 41.4. The number of hydrogen-bond donors (Lipinski definition) is 2. The molecule has 4 aromatic rings. The summed E-state index contributed by atoms with van der Waals surface area (Å²) in [6.07, 6.45) is 4.89. The fourth-order valence-electron chi connectivity index (χ4n) is 3.37. The van der Waals surface area contributed by atoms with Gasteiger partial charge in [-0.05, 0) is 54.1 Å². The fraction of sp³-hybridized carbons (Fsp3) is 0.0435. The van der Waals surface area contributed by atoms with Crippen molar-refractivity contribution in [3.05, 3.63) is 102 Å². The smallest absolute Gasteiger partial charge is 0.292 e. The van der Waals surface area contributed by atoms with Crippen LogP contribution >= 0.6 is 0 Å². The molecule has 3 aromatic heterocycles. The van der Waals surface area contributed by atoms with Crippen molar-refractivity contribution in [2.24, 2.45) is 5.73 Å². The lowest BCUT2D eigenvalue weighted by Crippen LogP contribution is -2.29. The van der Waals surface area contributed by atoms with Crippen molar-refractivity contribution in [2.45, 2.75) is 5.92 Å². The number of carbonyl (C=O) groups excluding carboxylic acids is 3. The molecule has 0 saturated heterocycles. The van der Waals surface area contributed by atoms with Crippen molar-refractivity contribution in [1.82, 2.24) is 9.38 Å². The second-order valence-electron chi connectivity index (χ2n) is 6.73. The highest BCUT2D eigenvalue weighted by atomic mass is 16.2. The Bertz CT molecular complexity index is 1230. The summed E-state index contributed by atoms with van der Waals surface area (Å²) in [5.41, 5.74) is 8.25. The van der Waals surface area contributed by atoms with Crippen LogP contribution in [0.5, 0.6) is 0 Å². The molecule has 148 valence electrons. The van der Waals surface area contributed by atoms with E-state index in [1.165, 1.54) is 12.4 Å². The van der Waals surface area contributed by atoms with Gasteiger partial charge in [0.2, 0.25) is 11.7 Å². The number of amides is 2. The number of anilines is 1. The van der Waals surface area contributed by atoms with Gasteiger partial charge in [-0.3, -0.25) is 19.4 Å². The number of benzene rings is 1. The van der Waals surface area contributed by atoms with Gasteiger partial charge in [-0.25, -0.2) is 0 Å². The Morgan fingerprint density at radius 2 is 1.63 bits per heavy atom. The summed E-state index contributed by atoms with van der Waals surface area (Å²) in [5, 5.41) is 2.62. The van der Waals surface area contributed by atoms with Gasteiger partial charge < -0.3 is 15.5 Å². The molecule has 2 amide bonds. The van der Waals surface area contributed by atoms with Gasteiger partial charge in [0.05, 0.1) is 5.92 Å². The number of hydrogen-bond acceptors (Lipinski definition) is 4. The Morgan fingerprint density at radius 1 is 0.900 bits per heavy atom. The fourth-order valence-corrected chi connectivity index (χ4v) is 3.37. The highest BCUT2D eigenvalue weighted by Gasteiger charge is 2.30. The van der Waals surface area contributed by atoms with Crippen LogP contribution < -0.4 is 11.1 Å². The molecule has 7 nitrogen and oxygen atoms in total. The predicted molar refractivity (Wildman–Crippen MR) is 112 cm³/mol. The van der Waals surface area contributed by atoms with Gasteiger partial charge >= 0.3 is 0 Å². The van der Waals surface area contributed by atoms with Crippen molar-refractivity contribution >= 4 is 28.8 Å². The maximum absolute atomic E-state index is 13.3. The van der Waals surface area contributed by atoms with Gasteiger partial charge in [0.15, 0.2) is 0 Å². The molecule has 1 aromatic carbocycles. The summed E-state index contributed by atoms with van der Waals surface area (Å²) in [5.74, 6) is -2.79. The summed E-state index contributed by atoms with van der Waals surface area (Å²) in [6, 6.07) is 19.0. The van der Waals surface area contributed by atoms with Gasteiger partial charge in [0.25, 0.3) is 5.91 Å². The molecule has 0 aliphatic rings. The quantitative estimate of drug-likeness (QED) is 0.487. The molecule has 7 heteroatoms. The minimum absolute atomic E-state index is 0.325. The highest BCUT2D eigenvalue weighted by molar-refractivity contribution is 6.43. The Balaban J connectivity index is 1.76. The lowest BCUT2D eigenvalue weighted by Gasteiger charge is -2.17. The van der Waals surface area contributed by atoms with Crippen LogP contribution in [0.3, 0.4) is 0 Å². The molecular weight excluding hydrogens is 380 g/mol.